The molecule has 0 saturated heterocycles. The molecule has 3 rings (SSSR count). The van der Waals surface area contributed by atoms with Crippen LogP contribution in [-0.4, -0.2) is 23.2 Å². The number of fused-ring (bicyclic) bond motifs is 1. The Balaban J connectivity index is 1.78. The van der Waals surface area contributed by atoms with Gasteiger partial charge in [-0.15, -0.1) is 0 Å². The molecule has 0 aromatic heterocycles. The van der Waals surface area contributed by atoms with Crippen LogP contribution in [0.4, 0.5) is 5.69 Å². The van der Waals surface area contributed by atoms with Crippen molar-refractivity contribution in [2.45, 2.75) is 39.0 Å². The Morgan fingerprint density at radius 1 is 1.26 bits per heavy atom. The average Bonchev–Trinajstić information content (AvgIpc) is 2.93. The van der Waals surface area contributed by atoms with Crippen LogP contribution in [0.1, 0.15) is 25.0 Å². The minimum absolute atomic E-state index is 0.147. The number of hydrogen-bond donors (Lipinski definition) is 1. The van der Waals surface area contributed by atoms with Crippen LogP contribution in [0.5, 0.6) is 5.75 Å². The molecule has 0 aliphatic carbocycles. The van der Waals surface area contributed by atoms with Crippen LogP contribution in [0.3, 0.4) is 0 Å². The van der Waals surface area contributed by atoms with Crippen LogP contribution in [0, 0.1) is 0 Å². The van der Waals surface area contributed by atoms with Crippen molar-refractivity contribution in [3.8, 4) is 5.75 Å². The molecule has 23 heavy (non-hydrogen) atoms. The van der Waals surface area contributed by atoms with Gasteiger partial charge in [0.15, 0.2) is 0 Å². The summed E-state index contributed by atoms with van der Waals surface area (Å²) in [5, 5.41) is 9.45. The van der Waals surface area contributed by atoms with Gasteiger partial charge in [0, 0.05) is 18.2 Å². The monoisotopic (exact) mass is 311 g/mol. The lowest BCUT2D eigenvalue weighted by Gasteiger charge is -2.28. The highest BCUT2D eigenvalue weighted by Crippen LogP contribution is 2.36. The van der Waals surface area contributed by atoms with E-state index < -0.39 is 12.0 Å². The fourth-order valence-corrected chi connectivity index (χ4v) is 3.13. The number of hydrogen-bond acceptors (Lipinski definition) is 3. The highest BCUT2D eigenvalue weighted by molar-refractivity contribution is 5.83. The van der Waals surface area contributed by atoms with Gasteiger partial charge < -0.3 is 14.7 Å². The maximum Gasteiger partial charge on any atom is 0.326 e. The lowest BCUT2D eigenvalue weighted by Crippen LogP contribution is -2.42. The van der Waals surface area contributed by atoms with E-state index in [0.717, 1.165) is 22.6 Å². The molecular formula is C19H21NO3. The molecule has 4 heteroatoms. The quantitative estimate of drug-likeness (QED) is 0.918. The molecule has 0 saturated carbocycles. The van der Waals surface area contributed by atoms with Gasteiger partial charge in [-0.3, -0.25) is 0 Å². The molecule has 0 radical (unpaired) electrons. The first-order chi connectivity index (χ1) is 11.1. The molecule has 1 heterocycles. The molecule has 0 bridgehead atoms. The number of anilines is 1. The van der Waals surface area contributed by atoms with Crippen molar-refractivity contribution in [1.82, 2.24) is 0 Å². The Kier molecular flexibility index (Phi) is 4.24. The largest absolute Gasteiger partial charge is 0.489 e. The zero-order valence-electron chi connectivity index (χ0n) is 13.4. The zero-order chi connectivity index (χ0) is 16.4. The average molecular weight is 311 g/mol. The summed E-state index contributed by atoms with van der Waals surface area (Å²) in [4.78, 5) is 13.5. The highest BCUT2D eigenvalue weighted by Gasteiger charge is 2.35. The van der Waals surface area contributed by atoms with Gasteiger partial charge in [-0.25, -0.2) is 4.79 Å². The number of carbonyl (C=O) groups is 1. The molecule has 120 valence electrons. The van der Waals surface area contributed by atoms with Crippen LogP contribution in [0.2, 0.25) is 0 Å². The Morgan fingerprint density at radius 3 is 2.65 bits per heavy atom. The van der Waals surface area contributed by atoms with Crippen LogP contribution >= 0.6 is 0 Å². The summed E-state index contributed by atoms with van der Waals surface area (Å²) in [5.74, 6) is 0.00371. The topological polar surface area (TPSA) is 49.8 Å². The van der Waals surface area contributed by atoms with Gasteiger partial charge in [0.05, 0.1) is 0 Å². The molecule has 1 N–H and O–H groups in total. The number of carboxylic acid groups (broad SMARTS) is 1. The number of rotatable bonds is 5. The van der Waals surface area contributed by atoms with Crippen LogP contribution in [0.25, 0.3) is 0 Å². The Hall–Kier alpha value is -2.49. The van der Waals surface area contributed by atoms with E-state index in [-0.39, 0.29) is 6.04 Å². The molecule has 1 unspecified atom stereocenters. The summed E-state index contributed by atoms with van der Waals surface area (Å²) in [6.07, 6.45) is 0.519. The minimum atomic E-state index is -0.776. The van der Waals surface area contributed by atoms with E-state index in [4.69, 9.17) is 4.74 Å². The van der Waals surface area contributed by atoms with E-state index in [1.807, 2.05) is 67.3 Å². The third-order valence-corrected chi connectivity index (χ3v) is 4.17. The van der Waals surface area contributed by atoms with E-state index in [0.29, 0.717) is 13.0 Å². The summed E-state index contributed by atoms with van der Waals surface area (Å²) in [6, 6.07) is 15.5. The fraction of sp³-hybridized carbons (Fsp3) is 0.316. The number of ether oxygens (including phenoxy) is 1. The predicted octanol–water partition coefficient (Wildman–Crippen LogP) is 3.49. The van der Waals surface area contributed by atoms with Gasteiger partial charge in [0.1, 0.15) is 18.4 Å². The third kappa shape index (κ3) is 3.16. The standard InChI is InChI=1S/C19H21NO3/c1-13(2)20-17-9-8-16(10-15(17)11-18(20)19(21)22)23-12-14-6-4-3-5-7-14/h3-10,13,18H,11-12H2,1-2H3,(H,21,22). The highest BCUT2D eigenvalue weighted by atomic mass is 16.5. The minimum Gasteiger partial charge on any atom is -0.489 e. The molecule has 1 aliphatic rings. The smallest absolute Gasteiger partial charge is 0.326 e. The van der Waals surface area contributed by atoms with Gasteiger partial charge >= 0.3 is 5.97 Å². The Morgan fingerprint density at radius 2 is 2.00 bits per heavy atom. The number of carboxylic acids is 1. The maximum atomic E-state index is 11.5. The summed E-state index contributed by atoms with van der Waals surface area (Å²) >= 11 is 0. The molecule has 2 aromatic carbocycles. The maximum absolute atomic E-state index is 11.5. The first-order valence-electron chi connectivity index (χ1n) is 7.87. The molecule has 4 nitrogen and oxygen atoms in total. The second-order valence-electron chi connectivity index (χ2n) is 6.12. The number of aliphatic carboxylic acids is 1. The lowest BCUT2D eigenvalue weighted by molar-refractivity contribution is -0.138. The van der Waals surface area contributed by atoms with Gasteiger partial charge in [0.25, 0.3) is 0 Å². The first-order valence-corrected chi connectivity index (χ1v) is 7.87. The molecule has 0 fully saturated rings. The van der Waals surface area contributed by atoms with E-state index in [1.54, 1.807) is 0 Å². The van der Waals surface area contributed by atoms with Crippen molar-refractivity contribution in [3.05, 3.63) is 59.7 Å². The van der Waals surface area contributed by atoms with E-state index >= 15 is 0 Å². The molecular weight excluding hydrogens is 290 g/mol. The summed E-state index contributed by atoms with van der Waals surface area (Å²) in [7, 11) is 0. The van der Waals surface area contributed by atoms with Gasteiger partial charge in [-0.1, -0.05) is 30.3 Å². The summed E-state index contributed by atoms with van der Waals surface area (Å²) in [5.41, 5.74) is 3.15. The normalized spacial score (nSPS) is 16.5. The second kappa shape index (κ2) is 6.32. The van der Waals surface area contributed by atoms with E-state index in [1.165, 1.54) is 0 Å². The van der Waals surface area contributed by atoms with Crippen molar-refractivity contribution >= 4 is 11.7 Å². The zero-order valence-corrected chi connectivity index (χ0v) is 13.4. The van der Waals surface area contributed by atoms with Gasteiger partial charge in [0.2, 0.25) is 0 Å². The summed E-state index contributed by atoms with van der Waals surface area (Å²) < 4.78 is 5.84. The van der Waals surface area contributed by atoms with E-state index in [9.17, 15) is 9.90 Å². The Labute approximate surface area is 136 Å². The van der Waals surface area contributed by atoms with Crippen molar-refractivity contribution in [3.63, 3.8) is 0 Å². The van der Waals surface area contributed by atoms with Crippen molar-refractivity contribution in [1.29, 1.82) is 0 Å². The van der Waals surface area contributed by atoms with Crippen molar-refractivity contribution in [2.75, 3.05) is 4.90 Å². The second-order valence-corrected chi connectivity index (χ2v) is 6.12. The first kappa shape index (κ1) is 15.4. The van der Waals surface area contributed by atoms with Crippen molar-refractivity contribution in [2.24, 2.45) is 0 Å². The van der Waals surface area contributed by atoms with E-state index in [2.05, 4.69) is 0 Å². The number of benzene rings is 2. The molecule has 1 aliphatic heterocycles. The summed E-state index contributed by atoms with van der Waals surface area (Å²) in [6.45, 7) is 4.55. The molecule has 2 aromatic rings. The lowest BCUT2D eigenvalue weighted by atomic mass is 10.1. The SMILES string of the molecule is CC(C)N1c2ccc(OCc3ccccc3)cc2CC1C(=O)O. The van der Waals surface area contributed by atoms with Gasteiger partial charge in [-0.2, -0.15) is 0 Å². The fourth-order valence-electron chi connectivity index (χ4n) is 3.13. The molecule has 1 atom stereocenters. The van der Waals surface area contributed by atoms with Crippen LogP contribution < -0.4 is 9.64 Å². The number of nitrogens with zero attached hydrogens (tertiary/aromatic N) is 1. The van der Waals surface area contributed by atoms with Crippen molar-refractivity contribution < 1.29 is 14.6 Å². The Bertz CT molecular complexity index is 697. The third-order valence-electron chi connectivity index (χ3n) is 4.17. The van der Waals surface area contributed by atoms with Gasteiger partial charge in [-0.05, 0) is 43.2 Å². The predicted molar refractivity (Wildman–Crippen MR) is 90.0 cm³/mol. The van der Waals surface area contributed by atoms with Crippen LogP contribution in [-0.2, 0) is 17.8 Å². The van der Waals surface area contributed by atoms with Crippen LogP contribution in [0.15, 0.2) is 48.5 Å². The molecule has 0 amide bonds. The molecule has 0 spiro atoms.